The molecule has 0 unspecified atom stereocenters. The SMILES string of the molecule is CC(C)NC(=O)N(C)C[C@@H]1Oc2ccc(NC(=O)Nc3ccc(F)cc3)cc2C(=O)N([C@@H](C)CO)C[C@@H]1C. The van der Waals surface area contributed by atoms with E-state index in [1.807, 2.05) is 20.8 Å². The highest BCUT2D eigenvalue weighted by Crippen LogP contribution is 2.30. The third kappa shape index (κ3) is 7.34. The highest BCUT2D eigenvalue weighted by atomic mass is 19.1. The second-order valence-electron chi connectivity index (χ2n) is 9.90. The molecular weight excluding hydrogens is 493 g/mol. The smallest absolute Gasteiger partial charge is 0.323 e. The largest absolute Gasteiger partial charge is 0.487 e. The summed E-state index contributed by atoms with van der Waals surface area (Å²) in [6.07, 6.45) is -0.446. The fraction of sp³-hybridized carbons (Fsp3) is 0.444. The maximum Gasteiger partial charge on any atom is 0.323 e. The molecule has 38 heavy (non-hydrogen) atoms. The molecule has 0 saturated heterocycles. The van der Waals surface area contributed by atoms with Gasteiger partial charge in [0, 0.05) is 36.9 Å². The summed E-state index contributed by atoms with van der Waals surface area (Å²) in [5.74, 6) is -0.615. The van der Waals surface area contributed by atoms with E-state index >= 15 is 0 Å². The van der Waals surface area contributed by atoms with Crippen molar-refractivity contribution in [1.82, 2.24) is 15.1 Å². The minimum atomic E-state index is -0.569. The number of aliphatic hydroxyl groups excluding tert-OH is 1. The Morgan fingerprint density at radius 1 is 1.13 bits per heavy atom. The monoisotopic (exact) mass is 529 g/mol. The maximum absolute atomic E-state index is 13.6. The number of benzene rings is 2. The van der Waals surface area contributed by atoms with Gasteiger partial charge in [0.2, 0.25) is 0 Å². The molecule has 2 aromatic carbocycles. The van der Waals surface area contributed by atoms with Gasteiger partial charge in [-0.1, -0.05) is 6.92 Å². The van der Waals surface area contributed by atoms with Crippen molar-refractivity contribution in [3.8, 4) is 5.75 Å². The summed E-state index contributed by atoms with van der Waals surface area (Å²) in [5, 5.41) is 18.0. The lowest BCUT2D eigenvalue weighted by Crippen LogP contribution is -2.51. The second kappa shape index (κ2) is 12.6. The minimum absolute atomic E-state index is 0.0222. The van der Waals surface area contributed by atoms with Crippen LogP contribution in [0.5, 0.6) is 5.75 Å². The van der Waals surface area contributed by atoms with E-state index in [0.29, 0.717) is 23.7 Å². The summed E-state index contributed by atoms with van der Waals surface area (Å²) in [6, 6.07) is 8.76. The topological polar surface area (TPSA) is 123 Å². The van der Waals surface area contributed by atoms with E-state index in [-0.39, 0.29) is 42.6 Å². The van der Waals surface area contributed by atoms with Crippen molar-refractivity contribution in [2.45, 2.75) is 45.9 Å². The Bertz CT molecular complexity index is 1140. The summed E-state index contributed by atoms with van der Waals surface area (Å²) in [7, 11) is 1.68. The van der Waals surface area contributed by atoms with Gasteiger partial charge in [-0.15, -0.1) is 0 Å². The number of urea groups is 2. The first kappa shape index (κ1) is 28.7. The molecule has 0 bridgehead atoms. The van der Waals surface area contributed by atoms with E-state index in [0.717, 1.165) is 0 Å². The Kier molecular flexibility index (Phi) is 9.51. The van der Waals surface area contributed by atoms with Gasteiger partial charge in [0.25, 0.3) is 5.91 Å². The molecule has 1 heterocycles. The molecule has 0 aliphatic carbocycles. The number of likely N-dealkylation sites (N-methyl/N-ethyl adjacent to an activating group) is 1. The van der Waals surface area contributed by atoms with Gasteiger partial charge in [-0.05, 0) is 63.2 Å². The average molecular weight is 530 g/mol. The first-order valence-electron chi connectivity index (χ1n) is 12.6. The van der Waals surface area contributed by atoms with E-state index < -0.39 is 24.0 Å². The zero-order valence-electron chi connectivity index (χ0n) is 22.3. The van der Waals surface area contributed by atoms with Gasteiger partial charge in [0.15, 0.2) is 0 Å². The number of nitrogens with one attached hydrogen (secondary N) is 3. The molecule has 10 nitrogen and oxygen atoms in total. The lowest BCUT2D eigenvalue weighted by atomic mass is 9.99. The fourth-order valence-corrected chi connectivity index (χ4v) is 4.05. The number of nitrogens with zero attached hydrogens (tertiary/aromatic N) is 2. The summed E-state index contributed by atoms with van der Waals surface area (Å²) in [6.45, 7) is 7.78. The number of halogens is 1. The van der Waals surface area contributed by atoms with Gasteiger partial charge in [0.05, 0.1) is 24.8 Å². The highest BCUT2D eigenvalue weighted by molar-refractivity contribution is 6.02. The van der Waals surface area contributed by atoms with Crippen molar-refractivity contribution in [2.24, 2.45) is 5.92 Å². The Morgan fingerprint density at radius 3 is 2.39 bits per heavy atom. The number of fused-ring (bicyclic) bond motifs is 1. The lowest BCUT2D eigenvalue weighted by molar-refractivity contribution is 0.0366. The Balaban J connectivity index is 1.86. The van der Waals surface area contributed by atoms with Gasteiger partial charge in [0.1, 0.15) is 17.7 Å². The summed E-state index contributed by atoms with van der Waals surface area (Å²) in [4.78, 5) is 41.7. The molecule has 1 aliphatic rings. The quantitative estimate of drug-likeness (QED) is 0.435. The minimum Gasteiger partial charge on any atom is -0.487 e. The van der Waals surface area contributed by atoms with Crippen LogP contribution in [0.15, 0.2) is 42.5 Å². The molecule has 4 N–H and O–H groups in total. The van der Waals surface area contributed by atoms with Crippen LogP contribution < -0.4 is 20.7 Å². The van der Waals surface area contributed by atoms with Gasteiger partial charge in [-0.25, -0.2) is 14.0 Å². The van der Waals surface area contributed by atoms with E-state index in [1.54, 1.807) is 35.9 Å². The zero-order valence-corrected chi connectivity index (χ0v) is 22.3. The molecule has 0 aromatic heterocycles. The molecule has 5 amide bonds. The standard InChI is InChI=1S/C27H36FN5O5/c1-16(2)29-27(37)32(5)14-24-17(3)13-33(18(4)15-34)25(35)22-12-21(10-11-23(22)38-24)31-26(36)30-20-8-6-19(28)7-9-20/h6-12,16-18,24,34H,13-15H2,1-5H3,(H,29,37)(H2,30,31,36)/t17-,18-,24-/m0/s1. The van der Waals surface area contributed by atoms with E-state index in [9.17, 15) is 23.9 Å². The number of rotatable bonds is 7. The van der Waals surface area contributed by atoms with Crippen molar-refractivity contribution in [1.29, 1.82) is 0 Å². The maximum atomic E-state index is 13.6. The number of hydrogen-bond acceptors (Lipinski definition) is 5. The van der Waals surface area contributed by atoms with Crippen LogP contribution in [0.4, 0.5) is 25.4 Å². The zero-order chi connectivity index (χ0) is 28.0. The van der Waals surface area contributed by atoms with E-state index in [1.165, 1.54) is 30.3 Å². The normalized spacial score (nSPS) is 18.0. The molecule has 0 fully saturated rings. The first-order valence-corrected chi connectivity index (χ1v) is 12.6. The number of hydrogen-bond donors (Lipinski definition) is 4. The van der Waals surface area contributed by atoms with Gasteiger partial charge < -0.3 is 35.6 Å². The molecule has 3 rings (SSSR count). The van der Waals surface area contributed by atoms with Crippen LogP contribution in [0.1, 0.15) is 38.1 Å². The molecular formula is C27H36FN5O5. The highest BCUT2D eigenvalue weighted by Gasteiger charge is 2.34. The second-order valence-corrected chi connectivity index (χ2v) is 9.90. The molecule has 11 heteroatoms. The van der Waals surface area contributed by atoms with Crippen LogP contribution in [0, 0.1) is 11.7 Å². The first-order chi connectivity index (χ1) is 18.0. The third-order valence-electron chi connectivity index (χ3n) is 6.24. The van der Waals surface area contributed by atoms with Crippen LogP contribution in [-0.4, -0.2) is 77.8 Å². The molecule has 0 spiro atoms. The number of aliphatic hydroxyl groups is 1. The van der Waals surface area contributed by atoms with E-state index in [4.69, 9.17) is 4.74 Å². The predicted molar refractivity (Wildman–Crippen MR) is 143 cm³/mol. The summed E-state index contributed by atoms with van der Waals surface area (Å²) >= 11 is 0. The summed E-state index contributed by atoms with van der Waals surface area (Å²) < 4.78 is 19.4. The van der Waals surface area contributed by atoms with Crippen LogP contribution in [-0.2, 0) is 0 Å². The van der Waals surface area contributed by atoms with Crippen LogP contribution in [0.3, 0.4) is 0 Å². The molecule has 206 valence electrons. The molecule has 0 saturated carbocycles. The molecule has 1 aliphatic heterocycles. The number of carbonyl (C=O) groups is 3. The third-order valence-corrected chi connectivity index (χ3v) is 6.24. The Morgan fingerprint density at radius 2 is 1.76 bits per heavy atom. The average Bonchev–Trinajstić information content (AvgIpc) is 2.86. The number of carbonyl (C=O) groups excluding carboxylic acids is 3. The fourth-order valence-electron chi connectivity index (χ4n) is 4.05. The number of amides is 5. The van der Waals surface area contributed by atoms with Crippen molar-refractivity contribution >= 4 is 29.3 Å². The molecule has 0 radical (unpaired) electrons. The van der Waals surface area contributed by atoms with Crippen molar-refractivity contribution < 1.29 is 28.6 Å². The van der Waals surface area contributed by atoms with Gasteiger partial charge >= 0.3 is 12.1 Å². The van der Waals surface area contributed by atoms with Crippen LogP contribution >= 0.6 is 0 Å². The van der Waals surface area contributed by atoms with E-state index in [2.05, 4.69) is 16.0 Å². The van der Waals surface area contributed by atoms with Crippen molar-refractivity contribution in [2.75, 3.05) is 37.4 Å². The van der Waals surface area contributed by atoms with Gasteiger partial charge in [-0.3, -0.25) is 4.79 Å². The molecule has 3 atom stereocenters. The Labute approximate surface area is 222 Å². The Hall–Kier alpha value is -3.86. The lowest BCUT2D eigenvalue weighted by Gasteiger charge is -2.38. The molecule has 2 aromatic rings. The predicted octanol–water partition coefficient (Wildman–Crippen LogP) is 3.74. The summed E-state index contributed by atoms with van der Waals surface area (Å²) in [5.41, 5.74) is 0.964. The number of anilines is 2. The van der Waals surface area contributed by atoms with Gasteiger partial charge in [-0.2, -0.15) is 0 Å². The van der Waals surface area contributed by atoms with Crippen LogP contribution in [0.2, 0.25) is 0 Å². The van der Waals surface area contributed by atoms with Crippen molar-refractivity contribution in [3.05, 3.63) is 53.8 Å². The number of ether oxygens (including phenoxy) is 1. The van der Waals surface area contributed by atoms with Crippen LogP contribution in [0.25, 0.3) is 0 Å². The van der Waals surface area contributed by atoms with Crippen molar-refractivity contribution in [3.63, 3.8) is 0 Å².